The number of hydrogen-bond donors (Lipinski definition) is 1. The summed E-state index contributed by atoms with van der Waals surface area (Å²) >= 11 is 6.14. The number of carbonyl (C=O) groups excluding carboxylic acids is 1. The summed E-state index contributed by atoms with van der Waals surface area (Å²) in [6, 6.07) is 4.43. The van der Waals surface area contributed by atoms with Gasteiger partial charge in [0.2, 0.25) is 10.0 Å². The van der Waals surface area contributed by atoms with Crippen molar-refractivity contribution in [2.45, 2.75) is 45.6 Å². The summed E-state index contributed by atoms with van der Waals surface area (Å²) in [6.45, 7) is 12.7. The minimum atomic E-state index is -3.64. The molecule has 0 saturated carbocycles. The van der Waals surface area contributed by atoms with Gasteiger partial charge in [-0.05, 0) is 38.2 Å². The highest BCUT2D eigenvalue weighted by atomic mass is 35.5. The number of sulfonamides is 1. The number of benzene rings is 1. The predicted molar refractivity (Wildman–Crippen MR) is 106 cm³/mol. The molecular weight excluding hydrogens is 374 g/mol. The first-order chi connectivity index (χ1) is 12.2. The van der Waals surface area contributed by atoms with Crippen molar-refractivity contribution in [1.29, 1.82) is 0 Å². The third kappa shape index (κ3) is 5.42. The fraction of sp³-hybridized carbons (Fsp3) is 0.611. The van der Waals surface area contributed by atoms with Crippen LogP contribution in [0.4, 0.5) is 0 Å². The Morgan fingerprint density at radius 3 is 2.19 bits per heavy atom. The van der Waals surface area contributed by atoms with Gasteiger partial charge in [-0.25, -0.2) is 8.42 Å². The molecule has 0 fully saturated rings. The van der Waals surface area contributed by atoms with Gasteiger partial charge in [-0.15, -0.1) is 0 Å². The minimum absolute atomic E-state index is 0.0764. The lowest BCUT2D eigenvalue weighted by Gasteiger charge is -2.26. The van der Waals surface area contributed by atoms with Crippen molar-refractivity contribution in [3.05, 3.63) is 28.8 Å². The summed E-state index contributed by atoms with van der Waals surface area (Å²) in [5.74, 6) is -0.370. The molecule has 1 aromatic carbocycles. The van der Waals surface area contributed by atoms with Crippen molar-refractivity contribution >= 4 is 27.5 Å². The maximum absolute atomic E-state index is 12.7. The average molecular weight is 404 g/mol. The molecule has 1 rings (SSSR count). The van der Waals surface area contributed by atoms with Gasteiger partial charge in [0.15, 0.2) is 0 Å². The Labute approximate surface area is 162 Å². The Kier molecular flexibility index (Phi) is 9.03. The van der Waals surface area contributed by atoms with E-state index in [1.54, 1.807) is 13.8 Å². The molecule has 26 heavy (non-hydrogen) atoms. The maximum atomic E-state index is 12.7. The van der Waals surface area contributed by atoms with Crippen molar-refractivity contribution < 1.29 is 13.2 Å². The normalized spacial score (nSPS) is 13.2. The number of rotatable bonds is 10. The number of likely N-dealkylation sites (N-methyl/N-ethyl adjacent to an activating group) is 1. The predicted octanol–water partition coefficient (Wildman–Crippen LogP) is 2.83. The topological polar surface area (TPSA) is 69.7 Å². The van der Waals surface area contributed by atoms with Crippen LogP contribution in [-0.4, -0.2) is 62.3 Å². The number of nitrogens with one attached hydrogen (secondary N) is 1. The minimum Gasteiger partial charge on any atom is -0.350 e. The van der Waals surface area contributed by atoms with E-state index in [9.17, 15) is 13.2 Å². The van der Waals surface area contributed by atoms with Crippen LogP contribution in [0.2, 0.25) is 5.02 Å². The maximum Gasteiger partial charge on any atom is 0.252 e. The van der Waals surface area contributed by atoms with Gasteiger partial charge in [-0.1, -0.05) is 39.3 Å². The van der Waals surface area contributed by atoms with Crippen molar-refractivity contribution in [1.82, 2.24) is 14.5 Å². The molecule has 0 aliphatic carbocycles. The summed E-state index contributed by atoms with van der Waals surface area (Å²) in [7, 11) is -3.64. The van der Waals surface area contributed by atoms with Crippen LogP contribution in [0.5, 0.6) is 0 Å². The molecule has 8 heteroatoms. The number of hydrogen-bond acceptors (Lipinski definition) is 4. The van der Waals surface area contributed by atoms with E-state index in [1.165, 1.54) is 22.5 Å². The Morgan fingerprint density at radius 1 is 1.12 bits per heavy atom. The molecule has 0 heterocycles. The van der Waals surface area contributed by atoms with E-state index in [-0.39, 0.29) is 27.4 Å². The Bertz CT molecular complexity index is 702. The van der Waals surface area contributed by atoms with Crippen molar-refractivity contribution in [3.63, 3.8) is 0 Å². The molecule has 148 valence electrons. The van der Waals surface area contributed by atoms with E-state index >= 15 is 0 Å². The second-order valence-electron chi connectivity index (χ2n) is 6.01. The van der Waals surface area contributed by atoms with Gasteiger partial charge < -0.3 is 5.32 Å². The molecule has 1 unspecified atom stereocenters. The van der Waals surface area contributed by atoms with Crippen LogP contribution in [0.1, 0.15) is 45.0 Å². The monoisotopic (exact) mass is 403 g/mol. The highest BCUT2D eigenvalue weighted by Gasteiger charge is 2.24. The van der Waals surface area contributed by atoms with Crippen LogP contribution < -0.4 is 5.32 Å². The fourth-order valence-corrected chi connectivity index (χ4v) is 4.55. The molecule has 0 bridgehead atoms. The molecule has 1 atom stereocenters. The van der Waals surface area contributed by atoms with Crippen LogP contribution in [-0.2, 0) is 10.0 Å². The second kappa shape index (κ2) is 10.3. The van der Waals surface area contributed by atoms with Crippen LogP contribution >= 0.6 is 11.6 Å². The first-order valence-electron chi connectivity index (χ1n) is 9.04. The van der Waals surface area contributed by atoms with Gasteiger partial charge in [0, 0.05) is 25.7 Å². The zero-order valence-electron chi connectivity index (χ0n) is 16.3. The first kappa shape index (κ1) is 22.9. The number of amides is 1. The van der Waals surface area contributed by atoms with E-state index < -0.39 is 10.0 Å². The van der Waals surface area contributed by atoms with Crippen LogP contribution in [0.3, 0.4) is 0 Å². The van der Waals surface area contributed by atoms with E-state index in [2.05, 4.69) is 24.1 Å². The van der Waals surface area contributed by atoms with Gasteiger partial charge in [0.05, 0.1) is 15.5 Å². The van der Waals surface area contributed by atoms with Gasteiger partial charge in [0.1, 0.15) is 0 Å². The van der Waals surface area contributed by atoms with E-state index in [4.69, 9.17) is 11.6 Å². The Hall–Kier alpha value is -1.15. The Morgan fingerprint density at radius 2 is 1.69 bits per heavy atom. The van der Waals surface area contributed by atoms with Gasteiger partial charge >= 0.3 is 0 Å². The lowest BCUT2D eigenvalue weighted by molar-refractivity contribution is 0.0938. The molecule has 0 aliphatic heterocycles. The molecule has 6 nitrogen and oxygen atoms in total. The SMILES string of the molecule is CCN(CC)C(C)CNC(=O)c1cc(S(=O)(=O)N(CC)CC)ccc1Cl. The lowest BCUT2D eigenvalue weighted by Crippen LogP contribution is -2.42. The zero-order chi connectivity index (χ0) is 19.9. The van der Waals surface area contributed by atoms with Crippen LogP contribution in [0.25, 0.3) is 0 Å². The molecule has 1 aromatic rings. The highest BCUT2D eigenvalue weighted by Crippen LogP contribution is 2.23. The zero-order valence-corrected chi connectivity index (χ0v) is 17.8. The van der Waals surface area contributed by atoms with Crippen molar-refractivity contribution in [3.8, 4) is 0 Å². The fourth-order valence-electron chi connectivity index (χ4n) is 2.86. The van der Waals surface area contributed by atoms with E-state index in [0.717, 1.165) is 13.1 Å². The summed E-state index contributed by atoms with van der Waals surface area (Å²) in [5, 5.41) is 3.08. The van der Waals surface area contributed by atoms with Gasteiger partial charge in [0.25, 0.3) is 5.91 Å². The van der Waals surface area contributed by atoms with Gasteiger partial charge in [-0.2, -0.15) is 4.31 Å². The summed E-state index contributed by atoms with van der Waals surface area (Å²) < 4.78 is 26.7. The highest BCUT2D eigenvalue weighted by molar-refractivity contribution is 7.89. The third-order valence-corrected chi connectivity index (χ3v) is 6.89. The molecule has 0 saturated heterocycles. The van der Waals surface area contributed by atoms with Crippen molar-refractivity contribution in [2.24, 2.45) is 0 Å². The standard InChI is InChI=1S/C18H30ClN3O3S/c1-6-21(7-2)14(5)13-20-18(23)16-12-15(10-11-17(16)19)26(24,25)22(8-3)9-4/h10-12,14H,6-9,13H2,1-5H3,(H,20,23). The molecule has 1 N–H and O–H groups in total. The van der Waals surface area contributed by atoms with Crippen LogP contribution in [0.15, 0.2) is 23.1 Å². The Balaban J connectivity index is 3.02. The molecule has 0 spiro atoms. The molecular formula is C18H30ClN3O3S. The number of nitrogens with zero attached hydrogens (tertiary/aromatic N) is 2. The number of carbonyl (C=O) groups is 1. The first-order valence-corrected chi connectivity index (χ1v) is 10.9. The largest absolute Gasteiger partial charge is 0.350 e. The van der Waals surface area contributed by atoms with E-state index in [0.29, 0.717) is 19.6 Å². The summed E-state index contributed by atoms with van der Waals surface area (Å²) in [4.78, 5) is 14.8. The molecule has 0 aliphatic rings. The van der Waals surface area contributed by atoms with Gasteiger partial charge in [-0.3, -0.25) is 9.69 Å². The summed E-state index contributed by atoms with van der Waals surface area (Å²) in [5.41, 5.74) is 0.173. The smallest absolute Gasteiger partial charge is 0.252 e. The lowest BCUT2D eigenvalue weighted by atomic mass is 10.2. The number of halogens is 1. The molecule has 0 radical (unpaired) electrons. The second-order valence-corrected chi connectivity index (χ2v) is 8.36. The third-order valence-electron chi connectivity index (χ3n) is 4.52. The quantitative estimate of drug-likeness (QED) is 0.652. The van der Waals surface area contributed by atoms with Crippen molar-refractivity contribution in [2.75, 3.05) is 32.7 Å². The summed E-state index contributed by atoms with van der Waals surface area (Å²) in [6.07, 6.45) is 0. The molecule has 0 aromatic heterocycles. The van der Waals surface area contributed by atoms with E-state index in [1.807, 2.05) is 6.92 Å². The average Bonchev–Trinajstić information content (AvgIpc) is 2.61. The van der Waals surface area contributed by atoms with Crippen LogP contribution in [0, 0.1) is 0 Å². The molecule has 1 amide bonds.